The van der Waals surface area contributed by atoms with Gasteiger partial charge in [-0.3, -0.25) is 0 Å². The van der Waals surface area contributed by atoms with Crippen LogP contribution in [-0.4, -0.2) is 9.38 Å². The Balaban J connectivity index is 0.000000810. The van der Waals surface area contributed by atoms with E-state index in [-0.39, 0.29) is 40.1 Å². The molecule has 0 aliphatic carbocycles. The molecule has 86 valence electrons. The van der Waals surface area contributed by atoms with Gasteiger partial charge in [-0.05, 0) is 24.6 Å². The van der Waals surface area contributed by atoms with Crippen molar-refractivity contribution in [1.29, 1.82) is 0 Å². The molecule has 0 fully saturated rings. The van der Waals surface area contributed by atoms with Crippen molar-refractivity contribution in [2.75, 3.05) is 0 Å². The first-order chi connectivity index (χ1) is 7.84. The first-order valence-electron chi connectivity index (χ1n) is 5.25. The number of hydrogen-bond donors (Lipinski definition) is 0. The molecule has 0 atom stereocenters. The molecule has 0 N–H and O–H groups in total. The van der Waals surface area contributed by atoms with Gasteiger partial charge in [0.15, 0.2) is 0 Å². The average Bonchev–Trinajstić information content (AvgIpc) is 2.73. The van der Waals surface area contributed by atoms with E-state index in [1.807, 2.05) is 24.4 Å². The average molecular weight is 311 g/mol. The second kappa shape index (κ2) is 6.26. The van der Waals surface area contributed by atoms with Crippen molar-refractivity contribution >= 4 is 5.65 Å². The minimum atomic E-state index is 0. The summed E-state index contributed by atoms with van der Waals surface area (Å²) >= 11 is 0. The van der Waals surface area contributed by atoms with Crippen molar-refractivity contribution in [1.82, 2.24) is 9.38 Å². The molecule has 0 radical (unpaired) electrons. The van der Waals surface area contributed by atoms with E-state index in [1.165, 1.54) is 5.56 Å². The number of fused-ring (bicyclic) bond motifs is 1. The Bertz CT molecular complexity index is 629. The molecule has 0 amide bonds. The van der Waals surface area contributed by atoms with Crippen LogP contribution < -0.4 is 0 Å². The Morgan fingerprint density at radius 3 is 2.83 bits per heavy atom. The van der Waals surface area contributed by atoms with Crippen molar-refractivity contribution in [2.24, 2.45) is 0 Å². The molecule has 18 heavy (non-hydrogen) atoms. The van der Waals surface area contributed by atoms with Gasteiger partial charge in [0.2, 0.25) is 0 Å². The van der Waals surface area contributed by atoms with E-state index >= 15 is 0 Å². The van der Waals surface area contributed by atoms with Gasteiger partial charge in [0.05, 0.1) is 0 Å². The summed E-state index contributed by atoms with van der Waals surface area (Å²) in [6.07, 6.45) is 3.96. The van der Waals surface area contributed by atoms with Gasteiger partial charge < -0.3 is 11.8 Å². The minimum Gasteiger partial charge on any atom is -0.358 e. The van der Waals surface area contributed by atoms with Crippen LogP contribution in [0.1, 0.15) is 5.56 Å². The summed E-state index contributed by atoms with van der Waals surface area (Å²) in [4.78, 5) is 4.40. The summed E-state index contributed by atoms with van der Waals surface area (Å²) in [5.74, 6) is 0. The van der Waals surface area contributed by atoms with Gasteiger partial charge in [0.25, 0.3) is 0 Å². The molecule has 3 aromatic rings. The number of rotatable bonds is 1. The second-order valence-corrected chi connectivity index (χ2v) is 3.87. The molecule has 0 spiro atoms. The molecule has 2 nitrogen and oxygen atoms in total. The normalized spacial score (nSPS) is 9.61. The number of pyridine rings is 1. The fourth-order valence-corrected chi connectivity index (χ4v) is 1.85. The van der Waals surface area contributed by atoms with E-state index in [4.69, 9.17) is 0 Å². The van der Waals surface area contributed by atoms with Crippen LogP contribution in [0.15, 0.2) is 48.8 Å². The maximum atomic E-state index is 4.40. The first kappa shape index (κ1) is 15.1. The molecular formula is C15H14N2Y+. The molecule has 0 bridgehead atoms. The van der Waals surface area contributed by atoms with Crippen molar-refractivity contribution < 1.29 is 32.7 Å². The van der Waals surface area contributed by atoms with Crippen LogP contribution in [0.4, 0.5) is 0 Å². The molecule has 0 aliphatic heterocycles. The number of imidazole rings is 1. The van der Waals surface area contributed by atoms with Crippen LogP contribution >= 0.6 is 0 Å². The Morgan fingerprint density at radius 1 is 1.28 bits per heavy atom. The van der Waals surface area contributed by atoms with Crippen molar-refractivity contribution in [3.05, 3.63) is 67.8 Å². The predicted octanol–water partition coefficient (Wildman–Crippen LogP) is 3.56. The quantitative estimate of drug-likeness (QED) is 0.628. The third-order valence-electron chi connectivity index (χ3n) is 2.67. The molecule has 0 saturated carbocycles. The van der Waals surface area contributed by atoms with E-state index in [9.17, 15) is 0 Å². The van der Waals surface area contributed by atoms with E-state index in [1.54, 1.807) is 0 Å². The number of aryl methyl sites for hydroxylation is 1. The third kappa shape index (κ3) is 2.71. The van der Waals surface area contributed by atoms with Crippen molar-refractivity contribution in [2.45, 2.75) is 6.92 Å². The molecule has 3 rings (SSSR count). The monoisotopic (exact) mass is 311 g/mol. The molecule has 0 saturated heterocycles. The largest absolute Gasteiger partial charge is 3.00 e. The summed E-state index contributed by atoms with van der Waals surface area (Å²) in [5, 5.41) is 0. The number of nitrogens with zero attached hydrogens (tertiary/aromatic N) is 2. The standard InChI is InChI=1S/C14H11N2.CH3.Y/c1-11-7-8-16-13(10-15-14(16)9-11)12-5-3-2-4-6-12;;/h2-3,5-10H,1H3;1H3;/q2*-1;+3. The van der Waals surface area contributed by atoms with E-state index in [0.29, 0.717) is 0 Å². The zero-order valence-corrected chi connectivity index (χ0v) is 13.4. The smallest absolute Gasteiger partial charge is 0.358 e. The summed E-state index contributed by atoms with van der Waals surface area (Å²) in [7, 11) is 0. The number of benzene rings is 1. The van der Waals surface area contributed by atoms with Crippen LogP contribution in [0.5, 0.6) is 0 Å². The molecule has 0 aliphatic rings. The van der Waals surface area contributed by atoms with Crippen molar-refractivity contribution in [3.63, 3.8) is 0 Å². The van der Waals surface area contributed by atoms with Gasteiger partial charge in [-0.2, -0.15) is 30.3 Å². The van der Waals surface area contributed by atoms with Gasteiger partial charge in [-0.15, -0.1) is 5.56 Å². The van der Waals surface area contributed by atoms with Crippen LogP contribution in [0, 0.1) is 20.4 Å². The SMILES string of the molecule is Cc1ccn2c(-c3c[c-]ccc3)cnc2c1.[CH3-].[Y+3]. The van der Waals surface area contributed by atoms with Crippen LogP contribution in [0.25, 0.3) is 16.9 Å². The number of hydrogen-bond acceptors (Lipinski definition) is 1. The summed E-state index contributed by atoms with van der Waals surface area (Å²) in [5.41, 5.74) is 4.45. The Morgan fingerprint density at radius 2 is 2.11 bits per heavy atom. The van der Waals surface area contributed by atoms with Crippen molar-refractivity contribution in [3.8, 4) is 11.3 Å². The molecule has 1 aromatic carbocycles. The molecule has 3 heteroatoms. The third-order valence-corrected chi connectivity index (χ3v) is 2.67. The fraction of sp³-hybridized carbons (Fsp3) is 0.0667. The number of aromatic nitrogens is 2. The van der Waals surface area contributed by atoms with Gasteiger partial charge in [0, 0.05) is 18.1 Å². The Hall–Kier alpha value is -0.986. The zero-order chi connectivity index (χ0) is 11.0. The van der Waals surface area contributed by atoms with Gasteiger partial charge in [0.1, 0.15) is 5.65 Å². The topological polar surface area (TPSA) is 17.3 Å². The van der Waals surface area contributed by atoms with E-state index in [0.717, 1.165) is 16.9 Å². The van der Waals surface area contributed by atoms with Crippen LogP contribution in [0.3, 0.4) is 0 Å². The van der Waals surface area contributed by atoms with Gasteiger partial charge >= 0.3 is 32.7 Å². The molecular weight excluding hydrogens is 297 g/mol. The van der Waals surface area contributed by atoms with E-state index < -0.39 is 0 Å². The van der Waals surface area contributed by atoms with E-state index in [2.05, 4.69) is 46.8 Å². The zero-order valence-electron chi connectivity index (χ0n) is 10.6. The summed E-state index contributed by atoms with van der Waals surface area (Å²) in [6.45, 7) is 2.07. The Labute approximate surface area is 133 Å². The first-order valence-corrected chi connectivity index (χ1v) is 5.25. The maximum absolute atomic E-state index is 4.40. The Kier molecular flexibility index (Phi) is 5.24. The molecule has 2 heterocycles. The minimum absolute atomic E-state index is 0. The summed E-state index contributed by atoms with van der Waals surface area (Å²) < 4.78 is 2.09. The predicted molar refractivity (Wildman–Crippen MR) is 70.6 cm³/mol. The van der Waals surface area contributed by atoms with Gasteiger partial charge in [-0.1, -0.05) is 0 Å². The fourth-order valence-electron chi connectivity index (χ4n) is 1.85. The second-order valence-electron chi connectivity index (χ2n) is 3.87. The van der Waals surface area contributed by atoms with Crippen LogP contribution in [0.2, 0.25) is 0 Å². The summed E-state index contributed by atoms with van der Waals surface area (Å²) in [6, 6.07) is 15.2. The molecule has 0 unspecified atom stereocenters. The van der Waals surface area contributed by atoms with Crippen LogP contribution in [-0.2, 0) is 32.7 Å². The molecule has 2 aromatic heterocycles. The maximum Gasteiger partial charge on any atom is 3.00 e. The van der Waals surface area contributed by atoms with Gasteiger partial charge in [-0.25, -0.2) is 4.98 Å².